The number of piperidine rings is 1. The Bertz CT molecular complexity index is 252. The first-order valence-corrected chi connectivity index (χ1v) is 5.02. The van der Waals surface area contributed by atoms with Crippen LogP contribution in [0.2, 0.25) is 0 Å². The summed E-state index contributed by atoms with van der Waals surface area (Å²) in [4.78, 5) is 0. The average molecular weight is 225 g/mol. The summed E-state index contributed by atoms with van der Waals surface area (Å²) >= 11 is 0. The van der Waals surface area contributed by atoms with Crippen LogP contribution >= 0.6 is 0 Å². The highest BCUT2D eigenvalue weighted by Gasteiger charge is 2.58. The summed E-state index contributed by atoms with van der Waals surface area (Å²) in [5, 5.41) is 21.8. The van der Waals surface area contributed by atoms with Gasteiger partial charge in [-0.1, -0.05) is 0 Å². The summed E-state index contributed by atoms with van der Waals surface area (Å²) in [7, 11) is 0. The molecule has 88 valence electrons. The van der Waals surface area contributed by atoms with E-state index in [0.717, 1.165) is 0 Å². The molecule has 0 aromatic rings. The molecule has 0 aromatic carbocycles. The third kappa shape index (κ3) is 2.11. The number of nitrogens with one attached hydrogen (secondary N) is 1. The quantitative estimate of drug-likeness (QED) is 0.606. The molecule has 2 rings (SSSR count). The van der Waals surface area contributed by atoms with Crippen LogP contribution in [0.15, 0.2) is 0 Å². The highest BCUT2D eigenvalue weighted by molar-refractivity contribution is 5.13. The Labute approximate surface area is 85.3 Å². The fraction of sp³-hybridized carbons (Fsp3) is 1.00. The predicted molar refractivity (Wildman–Crippen MR) is 46.1 cm³/mol. The van der Waals surface area contributed by atoms with Gasteiger partial charge in [-0.2, -0.15) is 13.2 Å². The number of hydrogen-bond acceptors (Lipinski definition) is 3. The standard InChI is InChI=1S/C9H14F3NO2/c10-9(11,12)3-5-7(15)6(14)4-13-8(5)1-2-8/h5-7,13-15H,1-4H2. The Balaban J connectivity index is 2.10. The summed E-state index contributed by atoms with van der Waals surface area (Å²) in [5.74, 6) is -0.916. The van der Waals surface area contributed by atoms with E-state index in [-0.39, 0.29) is 6.54 Å². The van der Waals surface area contributed by atoms with Crippen LogP contribution in [0.5, 0.6) is 0 Å². The Hall–Kier alpha value is -0.330. The van der Waals surface area contributed by atoms with Crippen molar-refractivity contribution in [1.29, 1.82) is 0 Å². The van der Waals surface area contributed by atoms with Gasteiger partial charge in [-0.05, 0) is 12.8 Å². The number of rotatable bonds is 1. The summed E-state index contributed by atoms with van der Waals surface area (Å²) < 4.78 is 36.9. The van der Waals surface area contributed by atoms with Gasteiger partial charge in [-0.15, -0.1) is 0 Å². The minimum absolute atomic E-state index is 0.176. The predicted octanol–water partition coefficient (Wildman–Crippen LogP) is 0.413. The van der Waals surface area contributed by atoms with Gasteiger partial charge in [-0.25, -0.2) is 0 Å². The molecule has 3 N–H and O–H groups in total. The van der Waals surface area contributed by atoms with Crippen molar-refractivity contribution in [1.82, 2.24) is 5.32 Å². The van der Waals surface area contributed by atoms with E-state index in [2.05, 4.69) is 5.32 Å². The molecule has 0 radical (unpaired) electrons. The Morgan fingerprint density at radius 2 is 1.87 bits per heavy atom. The van der Waals surface area contributed by atoms with Crippen molar-refractivity contribution in [2.45, 2.75) is 43.2 Å². The Kier molecular flexibility index (Phi) is 2.48. The zero-order chi connectivity index (χ0) is 11.3. The fourth-order valence-electron chi connectivity index (χ4n) is 2.40. The number of halogens is 3. The van der Waals surface area contributed by atoms with Crippen molar-refractivity contribution in [3.8, 4) is 0 Å². The Morgan fingerprint density at radius 1 is 1.27 bits per heavy atom. The van der Waals surface area contributed by atoms with E-state index in [0.29, 0.717) is 12.8 Å². The van der Waals surface area contributed by atoms with Crippen LogP contribution in [-0.2, 0) is 0 Å². The number of β-amino-alcohol motifs (C(OH)–C–C–N with tert-alkyl or cyclic N) is 1. The maximum Gasteiger partial charge on any atom is 0.389 e. The van der Waals surface area contributed by atoms with Crippen LogP contribution in [0, 0.1) is 5.92 Å². The maximum absolute atomic E-state index is 12.3. The summed E-state index contributed by atoms with van der Waals surface area (Å²) in [6, 6.07) is 0. The van der Waals surface area contributed by atoms with Gasteiger partial charge >= 0.3 is 6.18 Å². The lowest BCUT2D eigenvalue weighted by Gasteiger charge is -2.40. The molecule has 0 bridgehead atoms. The van der Waals surface area contributed by atoms with E-state index in [1.807, 2.05) is 0 Å². The molecular weight excluding hydrogens is 211 g/mol. The lowest BCUT2D eigenvalue weighted by Crippen LogP contribution is -2.58. The molecule has 3 atom stereocenters. The van der Waals surface area contributed by atoms with Crippen LogP contribution in [-0.4, -0.2) is 40.7 Å². The van der Waals surface area contributed by atoms with Gasteiger partial charge in [0.05, 0.1) is 18.6 Å². The van der Waals surface area contributed by atoms with Crippen molar-refractivity contribution in [3.05, 3.63) is 0 Å². The molecule has 1 saturated heterocycles. The van der Waals surface area contributed by atoms with Crippen LogP contribution in [0.1, 0.15) is 19.3 Å². The second-order valence-electron chi connectivity index (χ2n) is 4.52. The van der Waals surface area contributed by atoms with E-state index < -0.39 is 36.3 Å². The maximum atomic E-state index is 12.3. The van der Waals surface area contributed by atoms with Crippen molar-refractivity contribution >= 4 is 0 Å². The normalized spacial score (nSPS) is 39.4. The van der Waals surface area contributed by atoms with Crippen LogP contribution < -0.4 is 5.32 Å². The molecule has 1 heterocycles. The SMILES string of the molecule is OC1CNC2(CC2)C(CC(F)(F)F)C1O. The smallest absolute Gasteiger partial charge is 0.389 e. The second-order valence-corrected chi connectivity index (χ2v) is 4.52. The van der Waals surface area contributed by atoms with E-state index >= 15 is 0 Å². The molecule has 2 fully saturated rings. The van der Waals surface area contributed by atoms with Gasteiger partial charge in [0.15, 0.2) is 0 Å². The van der Waals surface area contributed by atoms with Crippen molar-refractivity contribution in [3.63, 3.8) is 0 Å². The third-order valence-corrected chi connectivity index (χ3v) is 3.42. The molecule has 6 heteroatoms. The van der Waals surface area contributed by atoms with E-state index in [1.165, 1.54) is 0 Å². The van der Waals surface area contributed by atoms with Gasteiger partial charge < -0.3 is 15.5 Å². The average Bonchev–Trinajstić information content (AvgIpc) is 2.86. The lowest BCUT2D eigenvalue weighted by molar-refractivity contribution is -0.170. The molecular formula is C9H14F3NO2. The highest BCUT2D eigenvalue weighted by atomic mass is 19.4. The largest absolute Gasteiger partial charge is 0.390 e. The van der Waals surface area contributed by atoms with Gasteiger partial charge in [-0.3, -0.25) is 0 Å². The first kappa shape index (κ1) is 11.2. The van der Waals surface area contributed by atoms with Crippen LogP contribution in [0.25, 0.3) is 0 Å². The molecule has 3 unspecified atom stereocenters. The van der Waals surface area contributed by atoms with Crippen LogP contribution in [0.3, 0.4) is 0 Å². The molecule has 1 aliphatic heterocycles. The van der Waals surface area contributed by atoms with E-state index in [4.69, 9.17) is 0 Å². The molecule has 15 heavy (non-hydrogen) atoms. The zero-order valence-corrected chi connectivity index (χ0v) is 8.09. The summed E-state index contributed by atoms with van der Waals surface area (Å²) in [6.45, 7) is 0.176. The summed E-state index contributed by atoms with van der Waals surface area (Å²) in [6.07, 6.45) is -6.38. The summed E-state index contributed by atoms with van der Waals surface area (Å²) in [5.41, 5.74) is -0.575. The molecule has 0 amide bonds. The van der Waals surface area contributed by atoms with Gasteiger partial charge in [0.1, 0.15) is 0 Å². The van der Waals surface area contributed by atoms with Crippen molar-refractivity contribution in [2.24, 2.45) is 5.92 Å². The van der Waals surface area contributed by atoms with Crippen molar-refractivity contribution in [2.75, 3.05) is 6.54 Å². The van der Waals surface area contributed by atoms with E-state index in [9.17, 15) is 23.4 Å². The first-order valence-electron chi connectivity index (χ1n) is 5.02. The first-order chi connectivity index (χ1) is 6.84. The zero-order valence-electron chi connectivity index (χ0n) is 8.09. The topological polar surface area (TPSA) is 52.5 Å². The minimum Gasteiger partial charge on any atom is -0.390 e. The number of aliphatic hydroxyl groups is 2. The molecule has 1 spiro atoms. The molecule has 1 saturated carbocycles. The molecule has 3 nitrogen and oxygen atoms in total. The lowest BCUT2D eigenvalue weighted by atomic mass is 9.82. The molecule has 0 aromatic heterocycles. The molecule has 1 aliphatic carbocycles. The van der Waals surface area contributed by atoms with Gasteiger partial charge in [0.25, 0.3) is 0 Å². The fourth-order valence-corrected chi connectivity index (χ4v) is 2.40. The third-order valence-electron chi connectivity index (χ3n) is 3.42. The van der Waals surface area contributed by atoms with Gasteiger partial charge in [0, 0.05) is 18.0 Å². The number of hydrogen-bond donors (Lipinski definition) is 3. The number of aliphatic hydroxyl groups excluding tert-OH is 2. The minimum atomic E-state index is -4.29. The van der Waals surface area contributed by atoms with Crippen LogP contribution in [0.4, 0.5) is 13.2 Å². The van der Waals surface area contributed by atoms with Gasteiger partial charge in [0.2, 0.25) is 0 Å². The second kappa shape index (κ2) is 3.33. The Morgan fingerprint density at radius 3 is 2.33 bits per heavy atom. The number of alkyl halides is 3. The monoisotopic (exact) mass is 225 g/mol. The van der Waals surface area contributed by atoms with Crippen molar-refractivity contribution < 1.29 is 23.4 Å². The van der Waals surface area contributed by atoms with E-state index in [1.54, 1.807) is 0 Å². The highest BCUT2D eigenvalue weighted by Crippen LogP contribution is 2.50. The molecule has 2 aliphatic rings.